The second kappa shape index (κ2) is 4.88. The highest BCUT2D eigenvalue weighted by Gasteiger charge is 2.17. The summed E-state index contributed by atoms with van der Waals surface area (Å²) in [6, 6.07) is 15.8. The van der Waals surface area contributed by atoms with E-state index in [2.05, 4.69) is 16.1 Å². The van der Waals surface area contributed by atoms with Gasteiger partial charge in [-0.1, -0.05) is 30.3 Å². The lowest BCUT2D eigenvalue weighted by molar-refractivity contribution is -0.384. The Bertz CT molecular complexity index is 654. The lowest BCUT2D eigenvalue weighted by atomic mass is 10.2. The van der Waals surface area contributed by atoms with E-state index in [-0.39, 0.29) is 5.69 Å². The molecule has 0 saturated carbocycles. The molecule has 0 amide bonds. The van der Waals surface area contributed by atoms with Gasteiger partial charge in [0.2, 0.25) is 0 Å². The van der Waals surface area contributed by atoms with Gasteiger partial charge in [-0.3, -0.25) is 15.5 Å². The maximum absolute atomic E-state index is 10.6. The number of hydrogen-bond donors (Lipinski definition) is 2. The molecule has 1 heterocycles. The molecule has 0 bridgehead atoms. The molecule has 0 atom stereocenters. The second-order valence-electron chi connectivity index (χ2n) is 4.15. The van der Waals surface area contributed by atoms with E-state index in [0.29, 0.717) is 5.84 Å². The van der Waals surface area contributed by atoms with Crippen LogP contribution in [0.5, 0.6) is 0 Å². The average Bonchev–Trinajstić information content (AvgIpc) is 2.98. The van der Waals surface area contributed by atoms with Crippen molar-refractivity contribution < 1.29 is 4.92 Å². The van der Waals surface area contributed by atoms with Crippen LogP contribution in [0.4, 0.5) is 11.4 Å². The van der Waals surface area contributed by atoms with Gasteiger partial charge in [-0.2, -0.15) is 10.7 Å². The molecular formula is C13H11N5O2. The fraction of sp³-hybridized carbons (Fsp3) is 0. The summed E-state index contributed by atoms with van der Waals surface area (Å²) in [5, 5.41) is 16.4. The van der Waals surface area contributed by atoms with Crippen molar-refractivity contribution in [3.63, 3.8) is 0 Å². The van der Waals surface area contributed by atoms with Crippen LogP contribution in [0.1, 0.15) is 5.56 Å². The molecule has 0 unspecified atom stereocenters. The SMILES string of the molecule is O=[N+]([O-])c1ccc(N2NN=C(c3ccccc3)N2)cc1. The van der Waals surface area contributed by atoms with Crippen molar-refractivity contribution in [3.05, 3.63) is 70.3 Å². The molecule has 0 spiro atoms. The number of hydrogen-bond acceptors (Lipinski definition) is 6. The molecule has 0 fully saturated rings. The number of nitrogens with zero attached hydrogens (tertiary/aromatic N) is 3. The fourth-order valence-electron chi connectivity index (χ4n) is 1.83. The maximum Gasteiger partial charge on any atom is 0.269 e. The number of nitro benzene ring substituents is 1. The van der Waals surface area contributed by atoms with E-state index < -0.39 is 4.92 Å². The minimum absolute atomic E-state index is 0.0529. The molecule has 3 rings (SSSR count). The number of benzene rings is 2. The first-order valence-electron chi connectivity index (χ1n) is 5.94. The topological polar surface area (TPSA) is 82.8 Å². The molecule has 0 aliphatic carbocycles. The van der Waals surface area contributed by atoms with Crippen molar-refractivity contribution >= 4 is 17.2 Å². The number of hydrazine groups is 2. The van der Waals surface area contributed by atoms with Crippen LogP contribution in [0.2, 0.25) is 0 Å². The summed E-state index contributed by atoms with van der Waals surface area (Å²) in [5.41, 5.74) is 7.61. The Morgan fingerprint density at radius 1 is 1.05 bits per heavy atom. The van der Waals surface area contributed by atoms with Crippen molar-refractivity contribution in [2.75, 3.05) is 5.12 Å². The van der Waals surface area contributed by atoms with E-state index >= 15 is 0 Å². The van der Waals surface area contributed by atoms with Crippen LogP contribution >= 0.6 is 0 Å². The molecule has 1 aliphatic heterocycles. The number of non-ortho nitro benzene ring substituents is 1. The van der Waals surface area contributed by atoms with Crippen molar-refractivity contribution in [1.29, 1.82) is 0 Å². The summed E-state index contributed by atoms with van der Waals surface area (Å²) >= 11 is 0. The molecule has 0 radical (unpaired) electrons. The van der Waals surface area contributed by atoms with Crippen LogP contribution in [0.3, 0.4) is 0 Å². The monoisotopic (exact) mass is 269 g/mol. The Morgan fingerprint density at radius 3 is 2.40 bits per heavy atom. The zero-order valence-electron chi connectivity index (χ0n) is 10.4. The molecule has 1 aliphatic rings. The average molecular weight is 269 g/mol. The largest absolute Gasteiger partial charge is 0.269 e. The quantitative estimate of drug-likeness (QED) is 0.655. The molecule has 7 heteroatoms. The Labute approximate surface area is 114 Å². The third kappa shape index (κ3) is 2.24. The van der Waals surface area contributed by atoms with E-state index in [0.717, 1.165) is 11.3 Å². The van der Waals surface area contributed by atoms with Crippen molar-refractivity contribution in [2.45, 2.75) is 0 Å². The van der Waals surface area contributed by atoms with Gasteiger partial charge in [-0.15, -0.1) is 5.10 Å². The standard InChI is InChI=1S/C13H11N5O2/c19-18(20)12-8-6-11(7-9-12)17-15-13(14-16-17)10-4-2-1-3-5-10/h1-9,16H,(H,14,15). The third-order valence-corrected chi connectivity index (χ3v) is 2.85. The minimum atomic E-state index is -0.430. The summed E-state index contributed by atoms with van der Waals surface area (Å²) < 4.78 is 0. The van der Waals surface area contributed by atoms with Crippen LogP contribution in [0.15, 0.2) is 59.7 Å². The van der Waals surface area contributed by atoms with Gasteiger partial charge >= 0.3 is 0 Å². The summed E-state index contributed by atoms with van der Waals surface area (Å²) in [4.78, 5) is 10.2. The first kappa shape index (κ1) is 12.0. The molecule has 7 nitrogen and oxygen atoms in total. The molecule has 2 aromatic rings. The van der Waals surface area contributed by atoms with Crippen LogP contribution < -0.4 is 16.1 Å². The Balaban J connectivity index is 1.74. The van der Waals surface area contributed by atoms with Gasteiger partial charge < -0.3 is 0 Å². The fourth-order valence-corrected chi connectivity index (χ4v) is 1.83. The van der Waals surface area contributed by atoms with Gasteiger partial charge in [0.25, 0.3) is 5.69 Å². The van der Waals surface area contributed by atoms with Crippen molar-refractivity contribution in [3.8, 4) is 0 Å². The Hall–Kier alpha value is -3.09. The van der Waals surface area contributed by atoms with Crippen LogP contribution in [0, 0.1) is 10.1 Å². The van der Waals surface area contributed by atoms with Gasteiger partial charge in [0.1, 0.15) is 0 Å². The highest BCUT2D eigenvalue weighted by Crippen LogP contribution is 2.18. The number of nitrogens with one attached hydrogen (secondary N) is 2. The van der Waals surface area contributed by atoms with E-state index in [9.17, 15) is 10.1 Å². The summed E-state index contributed by atoms with van der Waals surface area (Å²) in [6.45, 7) is 0. The van der Waals surface area contributed by atoms with E-state index in [1.54, 1.807) is 17.3 Å². The van der Waals surface area contributed by atoms with Gasteiger partial charge in [0.05, 0.1) is 10.6 Å². The highest BCUT2D eigenvalue weighted by atomic mass is 16.6. The lowest BCUT2D eigenvalue weighted by Crippen LogP contribution is -2.41. The zero-order valence-corrected chi connectivity index (χ0v) is 10.4. The number of nitro groups is 1. The van der Waals surface area contributed by atoms with Gasteiger partial charge in [-0.25, -0.2) is 0 Å². The molecule has 0 aromatic heterocycles. The maximum atomic E-state index is 10.6. The highest BCUT2D eigenvalue weighted by molar-refractivity contribution is 6.00. The number of anilines is 1. The second-order valence-corrected chi connectivity index (χ2v) is 4.15. The summed E-state index contributed by atoms with van der Waals surface area (Å²) in [7, 11) is 0. The van der Waals surface area contributed by atoms with Crippen molar-refractivity contribution in [2.24, 2.45) is 5.10 Å². The third-order valence-electron chi connectivity index (χ3n) is 2.85. The van der Waals surface area contributed by atoms with E-state index in [1.807, 2.05) is 30.3 Å². The van der Waals surface area contributed by atoms with E-state index in [4.69, 9.17) is 0 Å². The molecule has 0 saturated heterocycles. The molecule has 20 heavy (non-hydrogen) atoms. The van der Waals surface area contributed by atoms with E-state index in [1.165, 1.54) is 12.1 Å². The first-order valence-corrected chi connectivity index (χ1v) is 5.94. The molecular weight excluding hydrogens is 258 g/mol. The molecule has 2 N–H and O–H groups in total. The summed E-state index contributed by atoms with van der Waals surface area (Å²) in [6.07, 6.45) is 0. The van der Waals surface area contributed by atoms with Gasteiger partial charge in [0.15, 0.2) is 5.84 Å². The van der Waals surface area contributed by atoms with Crippen molar-refractivity contribution in [1.82, 2.24) is 11.0 Å². The van der Waals surface area contributed by atoms with Crippen LogP contribution in [-0.2, 0) is 0 Å². The predicted molar refractivity (Wildman–Crippen MR) is 74.8 cm³/mol. The minimum Gasteiger partial charge on any atom is -0.259 e. The number of rotatable bonds is 3. The number of hydrazone groups is 1. The van der Waals surface area contributed by atoms with Crippen LogP contribution in [0.25, 0.3) is 0 Å². The predicted octanol–water partition coefficient (Wildman–Crippen LogP) is 1.79. The number of amidine groups is 1. The molecule has 100 valence electrons. The van der Waals surface area contributed by atoms with Crippen LogP contribution in [-0.4, -0.2) is 10.8 Å². The smallest absolute Gasteiger partial charge is 0.259 e. The molecule has 2 aromatic carbocycles. The first-order chi connectivity index (χ1) is 9.74. The lowest BCUT2D eigenvalue weighted by Gasteiger charge is -2.17. The van der Waals surface area contributed by atoms with Gasteiger partial charge in [-0.05, 0) is 12.1 Å². The normalized spacial score (nSPS) is 13.4. The van der Waals surface area contributed by atoms with Gasteiger partial charge in [0, 0.05) is 17.7 Å². The summed E-state index contributed by atoms with van der Waals surface area (Å²) in [5.74, 6) is 0.684. The Morgan fingerprint density at radius 2 is 1.75 bits per heavy atom. The zero-order chi connectivity index (χ0) is 13.9. The Kier molecular flexibility index (Phi) is 2.92.